The number of hydrogen-bond donors (Lipinski definition) is 1. The van der Waals surface area contributed by atoms with Crippen molar-refractivity contribution in [1.82, 2.24) is 14.9 Å². The average molecular weight is 387 g/mol. The lowest BCUT2D eigenvalue weighted by molar-refractivity contribution is 0.0192. The molecule has 2 unspecified atom stereocenters. The molecule has 2 atom stereocenters. The Balaban J connectivity index is 1.56. The molecule has 5 rings (SSSR count). The van der Waals surface area contributed by atoms with Crippen LogP contribution in [-0.4, -0.2) is 38.0 Å². The fourth-order valence-electron chi connectivity index (χ4n) is 4.81. The van der Waals surface area contributed by atoms with Gasteiger partial charge in [0.15, 0.2) is 0 Å². The lowest BCUT2D eigenvalue weighted by atomic mass is 9.91. The molecule has 3 heterocycles. The highest BCUT2D eigenvalue weighted by molar-refractivity contribution is 6.04. The molecule has 1 aromatic carbocycles. The van der Waals surface area contributed by atoms with Crippen molar-refractivity contribution < 1.29 is 9.90 Å². The largest absolute Gasteiger partial charge is 0.391 e. The summed E-state index contributed by atoms with van der Waals surface area (Å²) in [5.74, 6) is 0.0294. The second-order valence-corrected chi connectivity index (χ2v) is 8.30. The number of nitrogens with zero attached hydrogens (tertiary/aromatic N) is 3. The molecule has 2 aromatic heterocycles. The molecule has 0 spiro atoms. The molecule has 1 amide bonds. The lowest BCUT2D eigenvalue weighted by Gasteiger charge is -2.35. The number of benzene rings is 1. The predicted octanol–water partition coefficient (Wildman–Crippen LogP) is 3.79. The zero-order valence-corrected chi connectivity index (χ0v) is 16.6. The Morgan fingerprint density at radius 1 is 1.17 bits per heavy atom. The van der Waals surface area contributed by atoms with E-state index in [2.05, 4.69) is 22.1 Å². The van der Waals surface area contributed by atoms with Gasteiger partial charge in [0.05, 0.1) is 17.7 Å². The van der Waals surface area contributed by atoms with Crippen LogP contribution in [-0.2, 0) is 13.0 Å². The number of carbonyl (C=O) groups excluding carboxylic acids is 1. The molecule has 2 aliphatic rings. The van der Waals surface area contributed by atoms with Gasteiger partial charge in [0.2, 0.25) is 0 Å². The Morgan fingerprint density at radius 2 is 2.03 bits per heavy atom. The normalized spacial score (nSPS) is 21.6. The first-order valence-corrected chi connectivity index (χ1v) is 10.4. The predicted molar refractivity (Wildman–Crippen MR) is 112 cm³/mol. The van der Waals surface area contributed by atoms with Gasteiger partial charge in [-0.1, -0.05) is 25.0 Å². The summed E-state index contributed by atoms with van der Waals surface area (Å²) in [6.07, 6.45) is 7.71. The van der Waals surface area contributed by atoms with Crippen LogP contribution in [0, 0.1) is 6.92 Å². The molecule has 3 aromatic rings. The fourth-order valence-corrected chi connectivity index (χ4v) is 4.81. The van der Waals surface area contributed by atoms with Crippen LogP contribution in [0.2, 0.25) is 0 Å². The first kappa shape index (κ1) is 18.3. The van der Waals surface area contributed by atoms with E-state index < -0.39 is 6.10 Å². The highest BCUT2D eigenvalue weighted by Gasteiger charge is 2.38. The minimum Gasteiger partial charge on any atom is -0.391 e. The smallest absolute Gasteiger partial charge is 0.254 e. The molecule has 1 aliphatic carbocycles. The van der Waals surface area contributed by atoms with E-state index in [1.807, 2.05) is 36.2 Å². The summed E-state index contributed by atoms with van der Waals surface area (Å²) in [5, 5.41) is 11.6. The average Bonchev–Trinajstić information content (AvgIpc) is 3.07. The number of amides is 1. The quantitative estimate of drug-likeness (QED) is 0.743. The summed E-state index contributed by atoms with van der Waals surface area (Å²) in [7, 11) is 0. The second kappa shape index (κ2) is 7.23. The van der Waals surface area contributed by atoms with Crippen LogP contribution in [0.1, 0.15) is 58.4 Å². The fraction of sp³-hybridized carbons (Fsp3) is 0.375. The number of fused-ring (bicyclic) bond motifs is 3. The minimum atomic E-state index is -0.431. The van der Waals surface area contributed by atoms with Crippen molar-refractivity contribution >= 4 is 16.8 Å². The SMILES string of the molecule is Cc1ccc(Cc2cc3c(c4ncccc24)CN(C2CCCCC2O)C3=O)cn1. The van der Waals surface area contributed by atoms with E-state index in [-0.39, 0.29) is 11.9 Å². The molecule has 1 N–H and O–H groups in total. The van der Waals surface area contributed by atoms with E-state index in [1.54, 1.807) is 6.20 Å². The highest BCUT2D eigenvalue weighted by Crippen LogP contribution is 2.36. The maximum atomic E-state index is 13.3. The summed E-state index contributed by atoms with van der Waals surface area (Å²) >= 11 is 0. The number of hydrogen-bond acceptors (Lipinski definition) is 4. The summed E-state index contributed by atoms with van der Waals surface area (Å²) in [6.45, 7) is 2.52. The molecule has 5 nitrogen and oxygen atoms in total. The third-order valence-electron chi connectivity index (χ3n) is 6.36. The van der Waals surface area contributed by atoms with Crippen molar-refractivity contribution in [2.75, 3.05) is 0 Å². The lowest BCUT2D eigenvalue weighted by Crippen LogP contribution is -2.45. The summed E-state index contributed by atoms with van der Waals surface area (Å²) in [5.41, 5.74) is 5.84. The third kappa shape index (κ3) is 3.19. The standard InChI is InChI=1S/C24H25N3O2/c1-15-8-9-16(13-26-15)11-17-12-19-20(23-18(17)5-4-10-25-23)14-27(24(19)29)21-6-2-3-7-22(21)28/h4-5,8-10,12-13,21-22,28H,2-3,6-7,11,14H2,1H3. The number of aryl methyl sites for hydroxylation is 1. The van der Waals surface area contributed by atoms with Gasteiger partial charge >= 0.3 is 0 Å². The van der Waals surface area contributed by atoms with Crippen LogP contribution < -0.4 is 0 Å². The molecule has 1 fully saturated rings. The third-order valence-corrected chi connectivity index (χ3v) is 6.36. The maximum absolute atomic E-state index is 13.3. The Hall–Kier alpha value is -2.79. The van der Waals surface area contributed by atoms with E-state index in [0.717, 1.165) is 64.5 Å². The van der Waals surface area contributed by atoms with Crippen molar-refractivity contribution in [2.45, 2.75) is 57.7 Å². The summed E-state index contributed by atoms with van der Waals surface area (Å²) in [4.78, 5) is 24.2. The Bertz CT molecular complexity index is 1080. The number of pyridine rings is 2. The van der Waals surface area contributed by atoms with Crippen molar-refractivity contribution in [3.63, 3.8) is 0 Å². The van der Waals surface area contributed by atoms with Gasteiger partial charge in [0, 0.05) is 41.1 Å². The first-order chi connectivity index (χ1) is 14.1. The van der Waals surface area contributed by atoms with Gasteiger partial charge in [0.25, 0.3) is 5.91 Å². The summed E-state index contributed by atoms with van der Waals surface area (Å²) < 4.78 is 0. The van der Waals surface area contributed by atoms with Gasteiger partial charge in [-0.05, 0) is 55.5 Å². The minimum absolute atomic E-state index is 0.0294. The van der Waals surface area contributed by atoms with Crippen LogP contribution in [0.4, 0.5) is 0 Å². The van der Waals surface area contributed by atoms with Crippen molar-refractivity contribution in [2.24, 2.45) is 0 Å². The molecule has 148 valence electrons. The van der Waals surface area contributed by atoms with Gasteiger partial charge in [0.1, 0.15) is 0 Å². The number of aliphatic hydroxyl groups excluding tert-OH is 1. The molecule has 1 saturated carbocycles. The van der Waals surface area contributed by atoms with E-state index in [4.69, 9.17) is 0 Å². The van der Waals surface area contributed by atoms with Crippen molar-refractivity contribution in [1.29, 1.82) is 0 Å². The molecule has 0 radical (unpaired) electrons. The van der Waals surface area contributed by atoms with E-state index >= 15 is 0 Å². The van der Waals surface area contributed by atoms with Gasteiger partial charge in [-0.2, -0.15) is 0 Å². The molecule has 29 heavy (non-hydrogen) atoms. The van der Waals surface area contributed by atoms with Crippen molar-refractivity contribution in [3.05, 3.63) is 70.7 Å². The zero-order chi connectivity index (χ0) is 20.0. The molecular formula is C24H25N3O2. The van der Waals surface area contributed by atoms with Gasteiger partial charge in [-0.25, -0.2) is 0 Å². The van der Waals surface area contributed by atoms with Crippen LogP contribution in [0.15, 0.2) is 42.7 Å². The van der Waals surface area contributed by atoms with Crippen LogP contribution >= 0.6 is 0 Å². The molecule has 5 heteroatoms. The second-order valence-electron chi connectivity index (χ2n) is 8.30. The number of rotatable bonds is 3. The highest BCUT2D eigenvalue weighted by atomic mass is 16.3. The molecule has 0 bridgehead atoms. The summed E-state index contributed by atoms with van der Waals surface area (Å²) in [6, 6.07) is 10.1. The Morgan fingerprint density at radius 3 is 2.83 bits per heavy atom. The van der Waals surface area contributed by atoms with Gasteiger partial charge in [-0.3, -0.25) is 14.8 Å². The monoisotopic (exact) mass is 387 g/mol. The topological polar surface area (TPSA) is 66.3 Å². The number of aliphatic hydroxyl groups is 1. The van der Waals surface area contributed by atoms with Crippen LogP contribution in [0.25, 0.3) is 10.9 Å². The van der Waals surface area contributed by atoms with Crippen LogP contribution in [0.5, 0.6) is 0 Å². The Labute approximate surface area is 170 Å². The van der Waals surface area contributed by atoms with Crippen molar-refractivity contribution in [3.8, 4) is 0 Å². The first-order valence-electron chi connectivity index (χ1n) is 10.4. The molecular weight excluding hydrogens is 362 g/mol. The van der Waals surface area contributed by atoms with Gasteiger partial charge in [-0.15, -0.1) is 0 Å². The van der Waals surface area contributed by atoms with E-state index in [1.165, 1.54) is 0 Å². The number of carbonyl (C=O) groups is 1. The Kier molecular flexibility index (Phi) is 4.55. The van der Waals surface area contributed by atoms with Gasteiger partial charge < -0.3 is 10.0 Å². The van der Waals surface area contributed by atoms with Crippen LogP contribution in [0.3, 0.4) is 0 Å². The maximum Gasteiger partial charge on any atom is 0.254 e. The molecule has 1 aliphatic heterocycles. The number of aromatic nitrogens is 2. The zero-order valence-electron chi connectivity index (χ0n) is 16.6. The van der Waals surface area contributed by atoms with E-state index in [0.29, 0.717) is 13.0 Å². The molecule has 0 saturated heterocycles. The van der Waals surface area contributed by atoms with E-state index in [9.17, 15) is 9.90 Å².